The molecule has 7 nitrogen and oxygen atoms in total. The van der Waals surface area contributed by atoms with E-state index in [1.54, 1.807) is 29.2 Å². The number of anilines is 3. The number of nitrogens with one attached hydrogen (secondary N) is 3. The second kappa shape index (κ2) is 10.4. The van der Waals surface area contributed by atoms with Gasteiger partial charge in [-0.15, -0.1) is 0 Å². The molecule has 0 aliphatic rings. The van der Waals surface area contributed by atoms with Crippen LogP contribution in [0.5, 0.6) is 0 Å². The number of rotatable bonds is 8. The Kier molecular flexibility index (Phi) is 7.91. The summed E-state index contributed by atoms with van der Waals surface area (Å²) in [6.45, 7) is 8.09. The zero-order valence-electron chi connectivity index (χ0n) is 17.3. The molecule has 0 fully saturated rings. The van der Waals surface area contributed by atoms with E-state index in [0.717, 1.165) is 16.8 Å². The third-order valence-electron chi connectivity index (χ3n) is 4.55. The minimum Gasteiger partial charge on any atom is -0.326 e. The average Bonchev–Trinajstić information content (AvgIpc) is 2.66. The van der Waals surface area contributed by atoms with Crippen molar-refractivity contribution in [3.8, 4) is 0 Å². The summed E-state index contributed by atoms with van der Waals surface area (Å²) in [6, 6.07) is 12.6. The van der Waals surface area contributed by atoms with Crippen LogP contribution in [-0.2, 0) is 14.4 Å². The highest BCUT2D eigenvalue weighted by Gasteiger charge is 2.14. The number of hydrogen-bond acceptors (Lipinski definition) is 4. The fraction of sp³-hybridized carbons (Fsp3) is 0.318. The van der Waals surface area contributed by atoms with E-state index in [1.165, 1.54) is 6.92 Å². The molecule has 0 atom stereocenters. The van der Waals surface area contributed by atoms with Gasteiger partial charge in [0, 0.05) is 24.0 Å². The Morgan fingerprint density at radius 2 is 1.38 bits per heavy atom. The number of nitrogens with zero attached hydrogens (tertiary/aromatic N) is 1. The molecule has 0 saturated carbocycles. The third kappa shape index (κ3) is 7.04. The van der Waals surface area contributed by atoms with E-state index in [-0.39, 0.29) is 30.8 Å². The molecule has 0 aliphatic carbocycles. The van der Waals surface area contributed by atoms with Crippen molar-refractivity contribution in [2.75, 3.05) is 35.6 Å². The van der Waals surface area contributed by atoms with E-state index >= 15 is 0 Å². The normalized spacial score (nSPS) is 10.5. The smallest absolute Gasteiger partial charge is 0.238 e. The lowest BCUT2D eigenvalue weighted by atomic mass is 10.1. The van der Waals surface area contributed by atoms with Gasteiger partial charge in [-0.1, -0.05) is 19.1 Å². The van der Waals surface area contributed by atoms with Gasteiger partial charge in [0.05, 0.1) is 13.1 Å². The van der Waals surface area contributed by atoms with Gasteiger partial charge in [0.25, 0.3) is 0 Å². The number of amides is 3. The summed E-state index contributed by atoms with van der Waals surface area (Å²) in [5.41, 5.74) is 4.21. The van der Waals surface area contributed by atoms with E-state index in [1.807, 2.05) is 39.0 Å². The van der Waals surface area contributed by atoms with E-state index in [9.17, 15) is 14.4 Å². The predicted molar refractivity (Wildman–Crippen MR) is 116 cm³/mol. The van der Waals surface area contributed by atoms with E-state index in [4.69, 9.17) is 0 Å². The summed E-state index contributed by atoms with van der Waals surface area (Å²) in [6.07, 6.45) is 0. The van der Waals surface area contributed by atoms with Crippen molar-refractivity contribution in [1.82, 2.24) is 4.90 Å². The van der Waals surface area contributed by atoms with Crippen LogP contribution in [0.4, 0.5) is 17.1 Å². The zero-order valence-corrected chi connectivity index (χ0v) is 17.3. The zero-order chi connectivity index (χ0) is 21.4. The first-order valence-electron chi connectivity index (χ1n) is 9.54. The monoisotopic (exact) mass is 396 g/mol. The molecule has 2 aromatic carbocycles. The molecule has 0 heterocycles. The molecular weight excluding hydrogens is 368 g/mol. The molecule has 3 amide bonds. The lowest BCUT2D eigenvalue weighted by Crippen LogP contribution is -2.38. The SMILES string of the molecule is CCN(CC(=O)Nc1ccc(NC(C)=O)cc1)CC(=O)Nc1cccc(C)c1C. The van der Waals surface area contributed by atoms with Crippen LogP contribution in [0.1, 0.15) is 25.0 Å². The number of carbonyl (C=O) groups excluding carboxylic acids is 3. The van der Waals surface area contributed by atoms with Gasteiger partial charge in [0.2, 0.25) is 17.7 Å². The molecule has 0 bridgehead atoms. The maximum absolute atomic E-state index is 12.4. The topological polar surface area (TPSA) is 90.5 Å². The first-order valence-corrected chi connectivity index (χ1v) is 9.54. The van der Waals surface area contributed by atoms with E-state index in [0.29, 0.717) is 17.9 Å². The van der Waals surface area contributed by atoms with Crippen LogP contribution in [0.25, 0.3) is 0 Å². The van der Waals surface area contributed by atoms with E-state index < -0.39 is 0 Å². The number of likely N-dealkylation sites (N-methyl/N-ethyl adjacent to an activating group) is 1. The second-order valence-electron chi connectivity index (χ2n) is 6.91. The summed E-state index contributed by atoms with van der Waals surface area (Å²) in [7, 11) is 0. The van der Waals surface area contributed by atoms with Crippen molar-refractivity contribution in [2.24, 2.45) is 0 Å². The highest BCUT2D eigenvalue weighted by Crippen LogP contribution is 2.18. The summed E-state index contributed by atoms with van der Waals surface area (Å²) in [5.74, 6) is -0.522. The summed E-state index contributed by atoms with van der Waals surface area (Å²) in [4.78, 5) is 37.5. The van der Waals surface area contributed by atoms with Gasteiger partial charge in [0.1, 0.15) is 0 Å². The van der Waals surface area contributed by atoms with Gasteiger partial charge in [-0.05, 0) is 61.9 Å². The van der Waals surface area contributed by atoms with Gasteiger partial charge in [0.15, 0.2) is 0 Å². The molecule has 0 saturated heterocycles. The molecule has 2 rings (SSSR count). The molecule has 0 unspecified atom stereocenters. The third-order valence-corrected chi connectivity index (χ3v) is 4.55. The largest absolute Gasteiger partial charge is 0.326 e. The number of benzene rings is 2. The van der Waals surface area contributed by atoms with Crippen LogP contribution in [-0.4, -0.2) is 42.3 Å². The van der Waals surface area contributed by atoms with Crippen molar-refractivity contribution in [3.63, 3.8) is 0 Å². The Bertz CT molecular complexity index is 878. The van der Waals surface area contributed by atoms with Crippen LogP contribution in [0.15, 0.2) is 42.5 Å². The summed E-state index contributed by atoms with van der Waals surface area (Å²) < 4.78 is 0. The number of carbonyl (C=O) groups is 3. The number of aryl methyl sites for hydroxylation is 1. The maximum atomic E-state index is 12.4. The number of hydrogen-bond donors (Lipinski definition) is 3. The maximum Gasteiger partial charge on any atom is 0.238 e. The highest BCUT2D eigenvalue weighted by molar-refractivity contribution is 5.95. The Hall–Kier alpha value is -3.19. The first-order chi connectivity index (χ1) is 13.8. The summed E-state index contributed by atoms with van der Waals surface area (Å²) in [5, 5.41) is 8.39. The molecule has 2 aromatic rings. The fourth-order valence-electron chi connectivity index (χ4n) is 2.80. The standard InChI is InChI=1S/C22H28N4O3/c1-5-26(14-22(29)25-20-8-6-7-15(2)16(20)3)13-21(28)24-19-11-9-18(10-12-19)23-17(4)27/h6-12H,5,13-14H2,1-4H3,(H,23,27)(H,24,28)(H,25,29). The van der Waals surface area contributed by atoms with Crippen molar-refractivity contribution < 1.29 is 14.4 Å². The Labute approximate surface area is 171 Å². The van der Waals surface area contributed by atoms with Gasteiger partial charge < -0.3 is 16.0 Å². The molecule has 0 aliphatic heterocycles. The highest BCUT2D eigenvalue weighted by atomic mass is 16.2. The quantitative estimate of drug-likeness (QED) is 0.639. The van der Waals surface area contributed by atoms with Crippen molar-refractivity contribution in [3.05, 3.63) is 53.6 Å². The van der Waals surface area contributed by atoms with Gasteiger partial charge >= 0.3 is 0 Å². The molecule has 154 valence electrons. The van der Waals surface area contributed by atoms with Crippen molar-refractivity contribution in [1.29, 1.82) is 0 Å². The molecule has 0 spiro atoms. The lowest BCUT2D eigenvalue weighted by molar-refractivity contribution is -0.120. The Balaban J connectivity index is 1.88. The first kappa shape index (κ1) is 22.1. The predicted octanol–water partition coefficient (Wildman–Crippen LogP) is 3.16. The van der Waals surface area contributed by atoms with Gasteiger partial charge in [-0.2, -0.15) is 0 Å². The van der Waals surface area contributed by atoms with Gasteiger partial charge in [-0.25, -0.2) is 0 Å². The Morgan fingerprint density at radius 3 is 1.93 bits per heavy atom. The van der Waals surface area contributed by atoms with Crippen LogP contribution >= 0.6 is 0 Å². The van der Waals surface area contributed by atoms with Crippen molar-refractivity contribution >= 4 is 34.8 Å². The van der Waals surface area contributed by atoms with Crippen LogP contribution in [0.3, 0.4) is 0 Å². The lowest BCUT2D eigenvalue weighted by Gasteiger charge is -2.20. The minimum absolute atomic E-state index is 0.101. The molecule has 3 N–H and O–H groups in total. The van der Waals surface area contributed by atoms with Crippen molar-refractivity contribution in [2.45, 2.75) is 27.7 Å². The molecule has 7 heteroatoms. The molecule has 0 aromatic heterocycles. The van der Waals surface area contributed by atoms with Crippen LogP contribution in [0, 0.1) is 13.8 Å². The Morgan fingerprint density at radius 1 is 0.828 bits per heavy atom. The van der Waals surface area contributed by atoms with E-state index in [2.05, 4.69) is 16.0 Å². The summed E-state index contributed by atoms with van der Waals surface area (Å²) >= 11 is 0. The fourth-order valence-corrected chi connectivity index (χ4v) is 2.80. The minimum atomic E-state index is -0.210. The average molecular weight is 396 g/mol. The van der Waals surface area contributed by atoms with Crippen LogP contribution in [0.2, 0.25) is 0 Å². The molecule has 0 radical (unpaired) electrons. The molecule has 29 heavy (non-hydrogen) atoms. The van der Waals surface area contributed by atoms with Crippen LogP contribution < -0.4 is 16.0 Å². The second-order valence-corrected chi connectivity index (χ2v) is 6.91. The molecular formula is C22H28N4O3. The van der Waals surface area contributed by atoms with Gasteiger partial charge in [-0.3, -0.25) is 19.3 Å².